The van der Waals surface area contributed by atoms with Crippen LogP contribution in [-0.4, -0.2) is 9.71 Å². The minimum atomic E-state index is -0.473. The van der Waals surface area contributed by atoms with Crippen molar-refractivity contribution < 1.29 is 9.57 Å². The third kappa shape index (κ3) is 2.31. The average Bonchev–Trinajstić information content (AvgIpc) is 2.54. The van der Waals surface area contributed by atoms with Crippen molar-refractivity contribution in [3.8, 4) is 0 Å². The summed E-state index contributed by atoms with van der Waals surface area (Å²) in [6, 6.07) is 12.3. The Morgan fingerprint density at radius 3 is 2.76 bits per heavy atom. The van der Waals surface area contributed by atoms with E-state index < -0.39 is 5.56 Å². The van der Waals surface area contributed by atoms with Crippen LogP contribution in [0.25, 0.3) is 11.0 Å². The maximum Gasteiger partial charge on any atom is 0.352 e. The molecule has 0 fully saturated rings. The molecule has 0 N–H and O–H groups in total. The number of aromatic nitrogens is 3. The van der Waals surface area contributed by atoms with E-state index in [1.165, 1.54) is 6.92 Å². The summed E-state index contributed by atoms with van der Waals surface area (Å²) in [5, 5.41) is 12.0. The third-order valence-corrected chi connectivity index (χ3v) is 3.19. The molecule has 0 aliphatic heterocycles. The highest BCUT2D eigenvalue weighted by atomic mass is 16.7. The van der Waals surface area contributed by atoms with Crippen molar-refractivity contribution in [2.24, 2.45) is 0 Å². The third-order valence-electron chi connectivity index (χ3n) is 3.19. The fraction of sp³-hybridized carbons (Fsp3) is 0.133. The molecule has 3 rings (SSSR count). The van der Waals surface area contributed by atoms with Gasteiger partial charge in [0.25, 0.3) is 5.69 Å². The molecule has 21 heavy (non-hydrogen) atoms. The smallest absolute Gasteiger partial charge is 0.352 e. The summed E-state index contributed by atoms with van der Waals surface area (Å²) in [6.45, 7) is 1.62. The Morgan fingerprint density at radius 2 is 2.00 bits per heavy atom. The van der Waals surface area contributed by atoms with Crippen molar-refractivity contribution >= 4 is 11.0 Å². The topological polar surface area (TPSA) is 71.1 Å². The standard InChI is InChI=1S/C15H13N3O3/c1-11-15(19)18(21-10-12-6-4-5-9-16-12)14-8-3-2-7-13(14)17(11)20/h2-9H,10H2,1H3. The lowest BCUT2D eigenvalue weighted by molar-refractivity contribution is -0.586. The van der Waals surface area contributed by atoms with E-state index in [9.17, 15) is 10.0 Å². The van der Waals surface area contributed by atoms with E-state index >= 15 is 0 Å². The van der Waals surface area contributed by atoms with Crippen LogP contribution < -0.4 is 15.1 Å². The molecule has 0 amide bonds. The summed E-state index contributed by atoms with van der Waals surface area (Å²) in [4.78, 5) is 21.9. The number of rotatable bonds is 3. The lowest BCUT2D eigenvalue weighted by Crippen LogP contribution is -2.43. The van der Waals surface area contributed by atoms with Crippen LogP contribution >= 0.6 is 0 Å². The molecule has 2 heterocycles. The molecule has 106 valence electrons. The van der Waals surface area contributed by atoms with Crippen molar-refractivity contribution in [3.63, 3.8) is 0 Å². The Hall–Kier alpha value is -2.89. The number of benzene rings is 1. The van der Waals surface area contributed by atoms with Crippen LogP contribution in [0.2, 0.25) is 0 Å². The highest BCUT2D eigenvalue weighted by molar-refractivity contribution is 5.71. The number of hydrogen-bond donors (Lipinski definition) is 0. The Morgan fingerprint density at radius 1 is 1.24 bits per heavy atom. The Bertz CT molecular complexity index is 844. The van der Waals surface area contributed by atoms with Crippen LogP contribution in [0.5, 0.6) is 0 Å². The fourth-order valence-corrected chi connectivity index (χ4v) is 2.07. The van der Waals surface area contributed by atoms with Gasteiger partial charge in [0.05, 0.1) is 5.69 Å². The van der Waals surface area contributed by atoms with Gasteiger partial charge in [-0.15, -0.1) is 4.73 Å². The fourth-order valence-electron chi connectivity index (χ4n) is 2.07. The van der Waals surface area contributed by atoms with Gasteiger partial charge in [-0.3, -0.25) is 9.78 Å². The normalized spacial score (nSPS) is 10.7. The zero-order valence-corrected chi connectivity index (χ0v) is 11.4. The van der Waals surface area contributed by atoms with Gasteiger partial charge in [-0.2, -0.15) is 4.73 Å². The van der Waals surface area contributed by atoms with E-state index in [0.29, 0.717) is 21.5 Å². The molecule has 0 saturated carbocycles. The molecule has 1 aromatic carbocycles. The molecular formula is C15H13N3O3. The van der Waals surface area contributed by atoms with Gasteiger partial charge in [0.1, 0.15) is 0 Å². The van der Waals surface area contributed by atoms with Gasteiger partial charge in [0.15, 0.2) is 12.1 Å². The van der Waals surface area contributed by atoms with Gasteiger partial charge in [-0.25, -0.2) is 0 Å². The first-order valence-corrected chi connectivity index (χ1v) is 6.45. The molecule has 0 spiro atoms. The molecule has 3 aromatic rings. The lowest BCUT2D eigenvalue weighted by Gasteiger charge is -2.12. The van der Waals surface area contributed by atoms with Gasteiger partial charge in [0, 0.05) is 19.2 Å². The van der Waals surface area contributed by atoms with Crippen LogP contribution in [0.3, 0.4) is 0 Å². The van der Waals surface area contributed by atoms with E-state index in [1.54, 1.807) is 42.6 Å². The Balaban J connectivity index is 2.08. The number of fused-ring (bicyclic) bond motifs is 1. The monoisotopic (exact) mass is 283 g/mol. The van der Waals surface area contributed by atoms with E-state index in [4.69, 9.17) is 4.84 Å². The predicted molar refractivity (Wildman–Crippen MR) is 76.4 cm³/mol. The molecule has 2 aromatic heterocycles. The minimum absolute atomic E-state index is 0.0646. The first-order chi connectivity index (χ1) is 10.2. The van der Waals surface area contributed by atoms with Crippen molar-refractivity contribution in [1.29, 1.82) is 0 Å². The van der Waals surface area contributed by atoms with Crippen molar-refractivity contribution in [3.05, 3.63) is 75.6 Å². The molecule has 6 nitrogen and oxygen atoms in total. The van der Waals surface area contributed by atoms with Crippen LogP contribution in [0.4, 0.5) is 0 Å². The zero-order chi connectivity index (χ0) is 14.8. The molecule has 0 atom stereocenters. The van der Waals surface area contributed by atoms with Gasteiger partial charge >= 0.3 is 5.56 Å². The van der Waals surface area contributed by atoms with E-state index in [0.717, 1.165) is 4.73 Å². The molecule has 0 unspecified atom stereocenters. The summed E-state index contributed by atoms with van der Waals surface area (Å²) >= 11 is 0. The lowest BCUT2D eigenvalue weighted by atomic mass is 10.3. The van der Waals surface area contributed by atoms with Gasteiger partial charge < -0.3 is 10.0 Å². The SMILES string of the molecule is Cc1c(=O)n(OCc2ccccn2)c2ccccc2[n+]1[O-]. The average molecular weight is 283 g/mol. The number of pyridine rings is 1. The largest absolute Gasteiger partial charge is 0.618 e. The van der Waals surface area contributed by atoms with Crippen LogP contribution in [0.1, 0.15) is 11.4 Å². The molecule has 6 heteroatoms. The number of hydrogen-bond acceptors (Lipinski definition) is 4. The summed E-state index contributed by atoms with van der Waals surface area (Å²) < 4.78 is 1.77. The summed E-state index contributed by atoms with van der Waals surface area (Å²) in [7, 11) is 0. The molecule has 0 bridgehead atoms. The molecule has 0 radical (unpaired) electrons. The van der Waals surface area contributed by atoms with Gasteiger partial charge in [-0.05, 0) is 18.2 Å². The second-order valence-corrected chi connectivity index (χ2v) is 4.56. The quantitative estimate of drug-likeness (QED) is 0.530. The molecule has 0 aliphatic carbocycles. The van der Waals surface area contributed by atoms with Crippen LogP contribution in [0.15, 0.2) is 53.5 Å². The molecular weight excluding hydrogens is 270 g/mol. The van der Waals surface area contributed by atoms with Crippen molar-refractivity contribution in [2.75, 3.05) is 0 Å². The first-order valence-electron chi connectivity index (χ1n) is 6.45. The molecule has 0 saturated heterocycles. The van der Waals surface area contributed by atoms with Crippen molar-refractivity contribution in [2.45, 2.75) is 13.5 Å². The second kappa shape index (κ2) is 5.24. The Labute approximate surface area is 120 Å². The maximum absolute atomic E-state index is 12.2. The minimum Gasteiger partial charge on any atom is -0.618 e. The number of para-hydroxylation sites is 2. The van der Waals surface area contributed by atoms with E-state index in [1.807, 2.05) is 6.07 Å². The molecule has 0 aliphatic rings. The zero-order valence-electron chi connectivity index (χ0n) is 11.4. The maximum atomic E-state index is 12.2. The predicted octanol–water partition coefficient (Wildman–Crippen LogP) is 0.967. The van der Waals surface area contributed by atoms with Gasteiger partial charge in [0.2, 0.25) is 5.52 Å². The van der Waals surface area contributed by atoms with Crippen LogP contribution in [0, 0.1) is 12.1 Å². The van der Waals surface area contributed by atoms with Crippen molar-refractivity contribution in [1.82, 2.24) is 9.71 Å². The Kier molecular flexibility index (Phi) is 3.27. The highest BCUT2D eigenvalue weighted by Crippen LogP contribution is 2.07. The van der Waals surface area contributed by atoms with E-state index in [-0.39, 0.29) is 12.3 Å². The summed E-state index contributed by atoms with van der Waals surface area (Å²) in [6.07, 6.45) is 1.65. The first kappa shape index (κ1) is 13.1. The van der Waals surface area contributed by atoms with Gasteiger partial charge in [-0.1, -0.05) is 18.2 Å². The summed E-state index contributed by atoms with van der Waals surface area (Å²) in [5.41, 5.74) is 1.11. The van der Waals surface area contributed by atoms with E-state index in [2.05, 4.69) is 4.98 Å². The highest BCUT2D eigenvalue weighted by Gasteiger charge is 2.17. The van der Waals surface area contributed by atoms with Crippen LogP contribution in [-0.2, 0) is 6.61 Å². The summed E-state index contributed by atoms with van der Waals surface area (Å²) in [5.74, 6) is 0. The second-order valence-electron chi connectivity index (χ2n) is 4.56. The number of nitrogens with zero attached hydrogens (tertiary/aromatic N) is 3.